The molecule has 0 bridgehead atoms. The Morgan fingerprint density at radius 1 is 1.31 bits per heavy atom. The van der Waals surface area contributed by atoms with Crippen LogP contribution in [0.15, 0.2) is 0 Å². The molecule has 0 aromatic rings. The molecule has 0 amide bonds. The maximum absolute atomic E-state index is 5.65. The number of hydrazine groups is 1. The molecule has 3 N–H and O–H groups in total. The Hall–Kier alpha value is -0.120. The Morgan fingerprint density at radius 2 is 2.00 bits per heavy atom. The minimum Gasteiger partial charge on any atom is -0.301 e. The van der Waals surface area contributed by atoms with Crippen molar-refractivity contribution in [2.45, 2.75) is 52.5 Å². The van der Waals surface area contributed by atoms with Gasteiger partial charge in [0.1, 0.15) is 0 Å². The molecule has 80 valence electrons. The van der Waals surface area contributed by atoms with E-state index in [4.69, 9.17) is 5.84 Å². The van der Waals surface area contributed by atoms with Gasteiger partial charge < -0.3 is 5.32 Å². The molecule has 13 heavy (non-hydrogen) atoms. The third kappa shape index (κ3) is 8.22. The van der Waals surface area contributed by atoms with Crippen LogP contribution < -0.4 is 11.2 Å². The first-order chi connectivity index (χ1) is 6.20. The molecule has 0 saturated heterocycles. The van der Waals surface area contributed by atoms with Gasteiger partial charge in [-0.3, -0.25) is 5.84 Å². The number of nitrogens with zero attached hydrogens (tertiary/aromatic N) is 1. The van der Waals surface area contributed by atoms with Crippen molar-refractivity contribution in [1.29, 1.82) is 0 Å². The molecule has 3 nitrogen and oxygen atoms in total. The minimum absolute atomic E-state index is 0.587. The number of rotatable bonds is 8. The summed E-state index contributed by atoms with van der Waals surface area (Å²) in [6, 6.07) is 0.587. The fraction of sp³-hybridized carbons (Fsp3) is 1.00. The van der Waals surface area contributed by atoms with Crippen LogP contribution in [0.2, 0.25) is 0 Å². The van der Waals surface area contributed by atoms with Gasteiger partial charge in [-0.15, -0.1) is 0 Å². The molecular formula is C10H25N3. The van der Waals surface area contributed by atoms with Crippen LogP contribution in [0.4, 0.5) is 0 Å². The van der Waals surface area contributed by atoms with Gasteiger partial charge in [0.05, 0.1) is 6.67 Å². The van der Waals surface area contributed by atoms with Crippen LogP contribution in [-0.2, 0) is 0 Å². The smallest absolute Gasteiger partial charge is 0.0620 e. The van der Waals surface area contributed by atoms with E-state index in [1.165, 1.54) is 25.7 Å². The number of nitrogens with one attached hydrogen (secondary N) is 1. The highest BCUT2D eigenvalue weighted by Gasteiger charge is 2.01. The third-order valence-electron chi connectivity index (χ3n) is 2.29. The van der Waals surface area contributed by atoms with E-state index < -0.39 is 0 Å². The van der Waals surface area contributed by atoms with Gasteiger partial charge in [0, 0.05) is 12.6 Å². The largest absolute Gasteiger partial charge is 0.301 e. The van der Waals surface area contributed by atoms with Gasteiger partial charge in [-0.05, 0) is 13.3 Å². The Balaban J connectivity index is 3.24. The topological polar surface area (TPSA) is 41.3 Å². The summed E-state index contributed by atoms with van der Waals surface area (Å²) in [6.07, 6.45) is 5.21. The summed E-state index contributed by atoms with van der Waals surface area (Å²) in [6.45, 7) is 8.21. The lowest BCUT2D eigenvalue weighted by molar-refractivity contribution is 0.257. The fourth-order valence-corrected chi connectivity index (χ4v) is 1.19. The van der Waals surface area contributed by atoms with E-state index in [0.717, 1.165) is 13.2 Å². The normalized spacial score (nSPS) is 13.6. The van der Waals surface area contributed by atoms with Crippen LogP contribution in [0.1, 0.15) is 46.5 Å². The molecule has 1 atom stereocenters. The maximum Gasteiger partial charge on any atom is 0.0620 e. The molecule has 0 aliphatic heterocycles. The van der Waals surface area contributed by atoms with Crippen molar-refractivity contribution in [2.24, 2.45) is 5.84 Å². The lowest BCUT2D eigenvalue weighted by atomic mass is 10.1. The maximum atomic E-state index is 5.65. The molecule has 0 aromatic heterocycles. The molecule has 0 spiro atoms. The van der Waals surface area contributed by atoms with Gasteiger partial charge in [-0.1, -0.05) is 33.1 Å². The lowest BCUT2D eigenvalue weighted by Gasteiger charge is -2.19. The van der Waals surface area contributed by atoms with Crippen molar-refractivity contribution in [3.63, 3.8) is 0 Å². The van der Waals surface area contributed by atoms with Crippen LogP contribution in [0.25, 0.3) is 0 Å². The van der Waals surface area contributed by atoms with E-state index >= 15 is 0 Å². The Bertz CT molecular complexity index is 106. The summed E-state index contributed by atoms with van der Waals surface area (Å²) >= 11 is 0. The van der Waals surface area contributed by atoms with E-state index in [9.17, 15) is 0 Å². The van der Waals surface area contributed by atoms with E-state index in [0.29, 0.717) is 6.04 Å². The van der Waals surface area contributed by atoms with Gasteiger partial charge in [0.2, 0.25) is 0 Å². The molecule has 3 heteroatoms. The Kier molecular flexibility index (Phi) is 8.40. The number of nitrogens with two attached hydrogens (primary N) is 1. The van der Waals surface area contributed by atoms with Crippen LogP contribution in [0.5, 0.6) is 0 Å². The van der Waals surface area contributed by atoms with Crippen LogP contribution in [0.3, 0.4) is 0 Å². The minimum atomic E-state index is 0.587. The van der Waals surface area contributed by atoms with E-state index in [1.807, 2.05) is 0 Å². The molecule has 0 aromatic carbocycles. The highest BCUT2D eigenvalue weighted by molar-refractivity contribution is 4.59. The molecule has 0 aliphatic rings. The monoisotopic (exact) mass is 187 g/mol. The van der Waals surface area contributed by atoms with Gasteiger partial charge in [-0.25, -0.2) is 5.01 Å². The number of hydrogen-bond donors (Lipinski definition) is 2. The number of hydrogen-bond acceptors (Lipinski definition) is 3. The zero-order chi connectivity index (χ0) is 10.1. The van der Waals surface area contributed by atoms with Crippen molar-refractivity contribution in [3.05, 3.63) is 0 Å². The Labute approximate surface area is 82.6 Å². The van der Waals surface area contributed by atoms with Crippen LogP contribution >= 0.6 is 0 Å². The first-order valence-electron chi connectivity index (χ1n) is 5.43. The summed E-state index contributed by atoms with van der Waals surface area (Å²) in [7, 11) is 0. The highest BCUT2D eigenvalue weighted by atomic mass is 15.4. The zero-order valence-electron chi connectivity index (χ0n) is 9.34. The predicted molar refractivity (Wildman–Crippen MR) is 58.2 cm³/mol. The molecule has 0 heterocycles. The summed E-state index contributed by atoms with van der Waals surface area (Å²) in [5, 5.41) is 5.18. The van der Waals surface area contributed by atoms with Gasteiger partial charge in [0.25, 0.3) is 0 Å². The lowest BCUT2D eigenvalue weighted by Crippen LogP contribution is -2.42. The van der Waals surface area contributed by atoms with Crippen LogP contribution in [-0.4, -0.2) is 24.3 Å². The molecular weight excluding hydrogens is 162 g/mol. The van der Waals surface area contributed by atoms with E-state index in [-0.39, 0.29) is 0 Å². The van der Waals surface area contributed by atoms with Crippen molar-refractivity contribution in [1.82, 2.24) is 10.3 Å². The summed E-state index contributed by atoms with van der Waals surface area (Å²) in [5.74, 6) is 5.65. The summed E-state index contributed by atoms with van der Waals surface area (Å²) in [5.41, 5.74) is 0. The molecule has 0 fully saturated rings. The predicted octanol–water partition coefficient (Wildman–Crippen LogP) is 1.70. The van der Waals surface area contributed by atoms with Gasteiger partial charge >= 0.3 is 0 Å². The van der Waals surface area contributed by atoms with Crippen molar-refractivity contribution >= 4 is 0 Å². The standard InChI is InChI=1S/C10H25N3/c1-4-6-7-8-10(3)12-9-13(11)5-2/h10,12H,4-9,11H2,1-3H3. The average Bonchev–Trinajstić information content (AvgIpc) is 2.14. The van der Waals surface area contributed by atoms with Crippen molar-refractivity contribution < 1.29 is 0 Å². The molecule has 0 rings (SSSR count). The summed E-state index contributed by atoms with van der Waals surface area (Å²) in [4.78, 5) is 0. The SMILES string of the molecule is CCCCCC(C)NCN(N)CC. The first kappa shape index (κ1) is 12.9. The van der Waals surface area contributed by atoms with Crippen molar-refractivity contribution in [3.8, 4) is 0 Å². The number of unbranched alkanes of at least 4 members (excludes halogenated alkanes) is 2. The van der Waals surface area contributed by atoms with E-state index in [1.54, 1.807) is 5.01 Å². The van der Waals surface area contributed by atoms with E-state index in [2.05, 4.69) is 26.1 Å². The second-order valence-corrected chi connectivity index (χ2v) is 3.66. The second-order valence-electron chi connectivity index (χ2n) is 3.66. The first-order valence-corrected chi connectivity index (χ1v) is 5.43. The molecule has 0 aliphatic carbocycles. The Morgan fingerprint density at radius 3 is 2.54 bits per heavy atom. The molecule has 1 unspecified atom stereocenters. The average molecular weight is 187 g/mol. The highest BCUT2D eigenvalue weighted by Crippen LogP contribution is 2.02. The van der Waals surface area contributed by atoms with Gasteiger partial charge in [0.15, 0.2) is 0 Å². The zero-order valence-corrected chi connectivity index (χ0v) is 9.34. The van der Waals surface area contributed by atoms with Crippen LogP contribution in [0, 0.1) is 0 Å². The molecule has 0 saturated carbocycles. The molecule has 0 radical (unpaired) electrons. The summed E-state index contributed by atoms with van der Waals surface area (Å²) < 4.78 is 0. The fourth-order valence-electron chi connectivity index (χ4n) is 1.19. The quantitative estimate of drug-likeness (QED) is 0.263. The van der Waals surface area contributed by atoms with Crippen molar-refractivity contribution in [2.75, 3.05) is 13.2 Å². The third-order valence-corrected chi connectivity index (χ3v) is 2.29. The van der Waals surface area contributed by atoms with Gasteiger partial charge in [-0.2, -0.15) is 0 Å². The second kappa shape index (κ2) is 8.48.